The zero-order valence-corrected chi connectivity index (χ0v) is 8.61. The molecule has 0 saturated carbocycles. The van der Waals surface area contributed by atoms with Gasteiger partial charge in [0.25, 0.3) is 10.1 Å². The lowest BCUT2D eigenvalue weighted by Gasteiger charge is -2.10. The third kappa shape index (κ3) is 9.16. The van der Waals surface area contributed by atoms with Gasteiger partial charge in [-0.3, -0.25) is 14.1 Å². The summed E-state index contributed by atoms with van der Waals surface area (Å²) in [6.07, 6.45) is -1.04. The molecule has 0 aromatic rings. The molecule has 0 atom stereocenters. The number of hydrogen-bond donors (Lipinski definition) is 3. The van der Waals surface area contributed by atoms with Crippen LogP contribution in [0.4, 0.5) is 0 Å². The molecular formula is C7H12O7S. The minimum Gasteiger partial charge on any atom is -0.481 e. The van der Waals surface area contributed by atoms with Crippen molar-refractivity contribution in [3.05, 3.63) is 0 Å². The summed E-state index contributed by atoms with van der Waals surface area (Å²) < 4.78 is 29.1. The minimum atomic E-state index is -4.18. The van der Waals surface area contributed by atoms with Gasteiger partial charge >= 0.3 is 11.9 Å². The molecule has 0 aliphatic heterocycles. The fourth-order valence-corrected chi connectivity index (χ4v) is 1.72. The molecule has 0 rings (SSSR count). The van der Waals surface area contributed by atoms with Crippen molar-refractivity contribution < 1.29 is 32.8 Å². The van der Waals surface area contributed by atoms with E-state index < -0.39 is 46.6 Å². The number of hydrogen-bond acceptors (Lipinski definition) is 4. The first-order valence-electron chi connectivity index (χ1n) is 4.09. The summed E-state index contributed by atoms with van der Waals surface area (Å²) in [5.41, 5.74) is 0. The van der Waals surface area contributed by atoms with Gasteiger partial charge in [-0.15, -0.1) is 0 Å². The van der Waals surface area contributed by atoms with E-state index in [0.717, 1.165) is 0 Å². The zero-order valence-electron chi connectivity index (χ0n) is 7.79. The molecule has 0 unspecified atom stereocenters. The van der Waals surface area contributed by atoms with E-state index in [9.17, 15) is 18.0 Å². The van der Waals surface area contributed by atoms with Crippen LogP contribution in [-0.4, -0.2) is 40.9 Å². The fourth-order valence-electron chi connectivity index (χ4n) is 1.09. The number of carbonyl (C=O) groups is 2. The van der Waals surface area contributed by atoms with Crippen LogP contribution in [0.3, 0.4) is 0 Å². The van der Waals surface area contributed by atoms with Crippen LogP contribution in [0, 0.1) is 5.92 Å². The van der Waals surface area contributed by atoms with E-state index in [0.29, 0.717) is 0 Å². The molecule has 0 heterocycles. The summed E-state index contributed by atoms with van der Waals surface area (Å²) in [5, 5.41) is 16.8. The largest absolute Gasteiger partial charge is 0.481 e. The Hall–Kier alpha value is -1.15. The van der Waals surface area contributed by atoms with E-state index in [1.165, 1.54) is 0 Å². The maximum atomic E-state index is 10.4. The molecule has 0 spiro atoms. The van der Waals surface area contributed by atoms with Gasteiger partial charge in [-0.25, -0.2) is 0 Å². The summed E-state index contributed by atoms with van der Waals surface area (Å²) >= 11 is 0. The Morgan fingerprint density at radius 2 is 1.47 bits per heavy atom. The summed E-state index contributed by atoms with van der Waals surface area (Å²) in [6.45, 7) is 0. The van der Waals surface area contributed by atoms with Gasteiger partial charge < -0.3 is 10.2 Å². The van der Waals surface area contributed by atoms with Crippen LogP contribution in [0.2, 0.25) is 0 Å². The van der Waals surface area contributed by atoms with Crippen molar-refractivity contribution in [3.63, 3.8) is 0 Å². The van der Waals surface area contributed by atoms with Crippen LogP contribution in [-0.2, 0) is 19.7 Å². The van der Waals surface area contributed by atoms with E-state index in [1.807, 2.05) is 0 Å². The topological polar surface area (TPSA) is 129 Å². The second-order valence-electron chi connectivity index (χ2n) is 3.14. The maximum absolute atomic E-state index is 10.4. The second-order valence-corrected chi connectivity index (χ2v) is 4.71. The molecule has 0 aromatic heterocycles. The van der Waals surface area contributed by atoms with Crippen LogP contribution in [0.5, 0.6) is 0 Å². The Balaban J connectivity index is 4.24. The maximum Gasteiger partial charge on any atom is 0.303 e. The van der Waals surface area contributed by atoms with Gasteiger partial charge in [-0.2, -0.15) is 8.42 Å². The van der Waals surface area contributed by atoms with Gasteiger partial charge in [0.1, 0.15) is 0 Å². The molecule has 0 radical (unpaired) electrons. The molecule has 0 amide bonds. The molecule has 0 saturated heterocycles. The van der Waals surface area contributed by atoms with Crippen LogP contribution in [0.1, 0.15) is 19.3 Å². The SMILES string of the molecule is O=C(O)CC(CCS(=O)(=O)O)CC(=O)O. The van der Waals surface area contributed by atoms with Crippen LogP contribution >= 0.6 is 0 Å². The summed E-state index contributed by atoms with van der Waals surface area (Å²) in [6, 6.07) is 0. The predicted molar refractivity (Wildman–Crippen MR) is 49.0 cm³/mol. The minimum absolute atomic E-state index is 0.183. The molecular weight excluding hydrogens is 228 g/mol. The number of aliphatic carboxylic acids is 2. The monoisotopic (exact) mass is 240 g/mol. The van der Waals surface area contributed by atoms with Gasteiger partial charge in [0.2, 0.25) is 0 Å². The smallest absolute Gasteiger partial charge is 0.303 e. The number of carboxylic acid groups (broad SMARTS) is 2. The van der Waals surface area contributed by atoms with Gasteiger partial charge in [0.15, 0.2) is 0 Å². The first kappa shape index (κ1) is 13.8. The highest BCUT2D eigenvalue weighted by Gasteiger charge is 2.19. The average Bonchev–Trinajstić information content (AvgIpc) is 1.96. The Kier molecular flexibility index (Phi) is 5.23. The molecule has 0 aliphatic rings. The van der Waals surface area contributed by atoms with E-state index in [4.69, 9.17) is 14.8 Å². The Morgan fingerprint density at radius 1 is 1.07 bits per heavy atom. The van der Waals surface area contributed by atoms with Crippen molar-refractivity contribution in [2.75, 3.05) is 5.75 Å². The summed E-state index contributed by atoms with van der Waals surface area (Å²) in [5.74, 6) is -3.81. The van der Waals surface area contributed by atoms with Crippen LogP contribution in [0.25, 0.3) is 0 Å². The normalized spacial score (nSPS) is 11.6. The van der Waals surface area contributed by atoms with Crippen molar-refractivity contribution in [3.8, 4) is 0 Å². The Morgan fingerprint density at radius 3 is 1.73 bits per heavy atom. The third-order valence-electron chi connectivity index (χ3n) is 1.71. The van der Waals surface area contributed by atoms with Crippen molar-refractivity contribution >= 4 is 22.1 Å². The standard InChI is InChI=1S/C7H12O7S/c8-6(9)3-5(4-7(10)11)1-2-15(12,13)14/h5H,1-4H2,(H,8,9)(H,10,11)(H,12,13,14). The first-order chi connectivity index (χ1) is 6.70. The quantitative estimate of drug-likeness (QED) is 0.527. The molecule has 0 aromatic carbocycles. The zero-order chi connectivity index (χ0) is 12.1. The second kappa shape index (κ2) is 5.66. The van der Waals surface area contributed by atoms with Gasteiger partial charge in [-0.05, 0) is 12.3 Å². The molecule has 88 valence electrons. The van der Waals surface area contributed by atoms with Gasteiger partial charge in [0.05, 0.1) is 5.75 Å². The Bertz CT molecular complexity index is 315. The van der Waals surface area contributed by atoms with Crippen LogP contribution in [0.15, 0.2) is 0 Å². The van der Waals surface area contributed by atoms with Crippen molar-refractivity contribution in [2.45, 2.75) is 19.3 Å². The molecule has 7 nitrogen and oxygen atoms in total. The fraction of sp³-hybridized carbons (Fsp3) is 0.714. The highest BCUT2D eigenvalue weighted by molar-refractivity contribution is 7.85. The lowest BCUT2D eigenvalue weighted by Crippen LogP contribution is -2.16. The lowest BCUT2D eigenvalue weighted by molar-refractivity contribution is -0.140. The van der Waals surface area contributed by atoms with E-state index in [-0.39, 0.29) is 6.42 Å². The summed E-state index contributed by atoms with van der Waals surface area (Å²) in [7, 11) is -4.18. The van der Waals surface area contributed by atoms with Crippen LogP contribution < -0.4 is 0 Å². The lowest BCUT2D eigenvalue weighted by atomic mass is 9.99. The van der Waals surface area contributed by atoms with Gasteiger partial charge in [0, 0.05) is 12.8 Å². The molecule has 0 aliphatic carbocycles. The van der Waals surface area contributed by atoms with Crippen molar-refractivity contribution in [1.82, 2.24) is 0 Å². The number of carboxylic acids is 2. The molecule has 15 heavy (non-hydrogen) atoms. The van der Waals surface area contributed by atoms with Crippen molar-refractivity contribution in [2.24, 2.45) is 5.92 Å². The van der Waals surface area contributed by atoms with Gasteiger partial charge in [-0.1, -0.05) is 0 Å². The first-order valence-corrected chi connectivity index (χ1v) is 5.70. The molecule has 0 bridgehead atoms. The molecule has 0 fully saturated rings. The highest BCUT2D eigenvalue weighted by atomic mass is 32.2. The van der Waals surface area contributed by atoms with E-state index >= 15 is 0 Å². The highest BCUT2D eigenvalue weighted by Crippen LogP contribution is 2.14. The molecule has 3 N–H and O–H groups in total. The third-order valence-corrected chi connectivity index (χ3v) is 2.46. The number of rotatable bonds is 7. The van der Waals surface area contributed by atoms with E-state index in [2.05, 4.69) is 0 Å². The molecule has 8 heteroatoms. The van der Waals surface area contributed by atoms with Crippen molar-refractivity contribution in [1.29, 1.82) is 0 Å². The van der Waals surface area contributed by atoms with E-state index in [1.54, 1.807) is 0 Å². The Labute approximate surface area is 86.5 Å². The average molecular weight is 240 g/mol. The predicted octanol–water partition coefficient (Wildman–Crippen LogP) is -0.170. The summed E-state index contributed by atoms with van der Waals surface area (Å²) in [4.78, 5) is 20.6.